The second-order valence-corrected chi connectivity index (χ2v) is 5.83. The van der Waals surface area contributed by atoms with Crippen molar-refractivity contribution in [2.75, 3.05) is 19.7 Å². The van der Waals surface area contributed by atoms with Crippen LogP contribution in [0.1, 0.15) is 53.0 Å². The molecule has 1 aliphatic rings. The van der Waals surface area contributed by atoms with Gasteiger partial charge in [0.25, 0.3) is 5.91 Å². The van der Waals surface area contributed by atoms with Gasteiger partial charge in [0.2, 0.25) is 0 Å². The van der Waals surface area contributed by atoms with E-state index in [0.717, 1.165) is 24.4 Å². The summed E-state index contributed by atoms with van der Waals surface area (Å²) < 4.78 is 11.2. The Morgan fingerprint density at radius 3 is 3.00 bits per heavy atom. The van der Waals surface area contributed by atoms with E-state index in [2.05, 4.69) is 22.1 Å². The van der Waals surface area contributed by atoms with Crippen LogP contribution < -0.4 is 0 Å². The standard InChI is InChI=1S/C16H22N4O3/c1-4-5-14-17-15(19-18-14)13-9-20(6-7-22-13)16(21)12-8-10(2)23-11(12)3/h8,13H,4-7,9H2,1-3H3,(H,17,18,19)/t13-/m0/s1. The molecule has 7 nitrogen and oxygen atoms in total. The largest absolute Gasteiger partial charge is 0.466 e. The normalized spacial score (nSPS) is 18.4. The fourth-order valence-electron chi connectivity index (χ4n) is 2.81. The molecular weight excluding hydrogens is 296 g/mol. The minimum absolute atomic E-state index is 0.0306. The number of hydrogen-bond donors (Lipinski definition) is 1. The molecule has 0 aromatic carbocycles. The highest BCUT2D eigenvalue weighted by molar-refractivity contribution is 5.95. The van der Waals surface area contributed by atoms with Gasteiger partial charge in [0.05, 0.1) is 18.7 Å². The summed E-state index contributed by atoms with van der Waals surface area (Å²) in [5, 5.41) is 7.16. The van der Waals surface area contributed by atoms with E-state index in [4.69, 9.17) is 9.15 Å². The average molecular weight is 318 g/mol. The summed E-state index contributed by atoms with van der Waals surface area (Å²) in [5.41, 5.74) is 0.616. The lowest BCUT2D eigenvalue weighted by Gasteiger charge is -2.31. The Labute approximate surface area is 135 Å². The minimum atomic E-state index is -0.289. The zero-order valence-corrected chi connectivity index (χ0v) is 13.8. The van der Waals surface area contributed by atoms with Gasteiger partial charge in [0, 0.05) is 13.0 Å². The van der Waals surface area contributed by atoms with Crippen molar-refractivity contribution in [3.05, 3.63) is 34.8 Å². The smallest absolute Gasteiger partial charge is 0.257 e. The number of amides is 1. The molecule has 2 aromatic rings. The zero-order chi connectivity index (χ0) is 16.4. The first-order chi connectivity index (χ1) is 11.1. The highest BCUT2D eigenvalue weighted by Gasteiger charge is 2.30. The van der Waals surface area contributed by atoms with Crippen LogP contribution in [-0.4, -0.2) is 45.7 Å². The third kappa shape index (κ3) is 3.29. The maximum absolute atomic E-state index is 12.7. The number of aromatic nitrogens is 3. The monoisotopic (exact) mass is 318 g/mol. The molecule has 1 fully saturated rings. The molecule has 1 atom stereocenters. The summed E-state index contributed by atoms with van der Waals surface area (Å²) in [5.74, 6) is 2.84. The van der Waals surface area contributed by atoms with Gasteiger partial charge in [-0.25, -0.2) is 4.98 Å². The fourth-order valence-corrected chi connectivity index (χ4v) is 2.81. The van der Waals surface area contributed by atoms with Gasteiger partial charge in [0.1, 0.15) is 23.4 Å². The molecule has 1 aliphatic heterocycles. The average Bonchev–Trinajstić information content (AvgIpc) is 3.13. The number of carbonyl (C=O) groups is 1. The van der Waals surface area contributed by atoms with Gasteiger partial charge >= 0.3 is 0 Å². The molecule has 0 unspecified atom stereocenters. The molecule has 3 heterocycles. The van der Waals surface area contributed by atoms with Gasteiger partial charge in [-0.3, -0.25) is 9.89 Å². The first kappa shape index (κ1) is 15.7. The first-order valence-electron chi connectivity index (χ1n) is 7.97. The van der Waals surface area contributed by atoms with E-state index in [-0.39, 0.29) is 12.0 Å². The minimum Gasteiger partial charge on any atom is -0.466 e. The number of carbonyl (C=O) groups excluding carboxylic acids is 1. The van der Waals surface area contributed by atoms with Crippen molar-refractivity contribution in [3.63, 3.8) is 0 Å². The van der Waals surface area contributed by atoms with Crippen molar-refractivity contribution in [3.8, 4) is 0 Å². The van der Waals surface area contributed by atoms with Crippen molar-refractivity contribution in [2.45, 2.75) is 39.7 Å². The Hall–Kier alpha value is -2.15. The van der Waals surface area contributed by atoms with Crippen LogP contribution in [0.2, 0.25) is 0 Å². The number of furan rings is 1. The Bertz CT molecular complexity index is 691. The van der Waals surface area contributed by atoms with Crippen molar-refractivity contribution in [1.29, 1.82) is 0 Å². The van der Waals surface area contributed by atoms with Crippen LogP contribution in [0.3, 0.4) is 0 Å². The quantitative estimate of drug-likeness (QED) is 0.934. The fraction of sp³-hybridized carbons (Fsp3) is 0.562. The lowest BCUT2D eigenvalue weighted by molar-refractivity contribution is -0.0267. The molecule has 0 bridgehead atoms. The Morgan fingerprint density at radius 2 is 2.30 bits per heavy atom. The van der Waals surface area contributed by atoms with Gasteiger partial charge < -0.3 is 14.1 Å². The number of rotatable bonds is 4. The molecule has 3 rings (SSSR count). The number of nitrogens with one attached hydrogen (secondary N) is 1. The van der Waals surface area contributed by atoms with E-state index >= 15 is 0 Å². The van der Waals surface area contributed by atoms with Crippen LogP contribution >= 0.6 is 0 Å². The molecule has 23 heavy (non-hydrogen) atoms. The second kappa shape index (κ2) is 6.54. The summed E-state index contributed by atoms with van der Waals surface area (Å²) >= 11 is 0. The van der Waals surface area contributed by atoms with E-state index in [1.54, 1.807) is 11.0 Å². The Balaban J connectivity index is 1.72. The van der Waals surface area contributed by atoms with Crippen LogP contribution in [0.4, 0.5) is 0 Å². The van der Waals surface area contributed by atoms with Gasteiger partial charge in [-0.05, 0) is 26.3 Å². The van der Waals surface area contributed by atoms with Gasteiger partial charge in [-0.15, -0.1) is 0 Å². The molecule has 7 heteroatoms. The maximum Gasteiger partial charge on any atom is 0.257 e. The number of aryl methyl sites for hydroxylation is 3. The van der Waals surface area contributed by atoms with E-state index in [1.165, 1.54) is 0 Å². The van der Waals surface area contributed by atoms with Crippen LogP contribution in [0.15, 0.2) is 10.5 Å². The molecular formula is C16H22N4O3. The van der Waals surface area contributed by atoms with Crippen molar-refractivity contribution in [2.24, 2.45) is 0 Å². The summed E-state index contributed by atoms with van der Waals surface area (Å²) in [6, 6.07) is 1.79. The number of aromatic amines is 1. The topological polar surface area (TPSA) is 84.2 Å². The van der Waals surface area contributed by atoms with E-state index in [9.17, 15) is 4.79 Å². The van der Waals surface area contributed by atoms with Gasteiger partial charge in [0.15, 0.2) is 5.82 Å². The van der Waals surface area contributed by atoms with Crippen molar-refractivity contribution >= 4 is 5.91 Å². The molecule has 0 spiro atoms. The van der Waals surface area contributed by atoms with Crippen molar-refractivity contribution < 1.29 is 13.9 Å². The lowest BCUT2D eigenvalue weighted by atomic mass is 10.2. The molecule has 1 N–H and O–H groups in total. The molecule has 1 saturated heterocycles. The van der Waals surface area contributed by atoms with Crippen LogP contribution in [-0.2, 0) is 11.2 Å². The second-order valence-electron chi connectivity index (χ2n) is 5.83. The SMILES string of the molecule is CCCc1nc([C@@H]2CN(C(=O)c3cc(C)oc3C)CCO2)n[nH]1. The Kier molecular flexibility index (Phi) is 4.47. The predicted molar refractivity (Wildman–Crippen MR) is 83.2 cm³/mol. The predicted octanol–water partition coefficient (Wildman–Crippen LogP) is 2.18. The third-order valence-corrected chi connectivity index (χ3v) is 3.95. The molecule has 1 amide bonds. The Morgan fingerprint density at radius 1 is 1.48 bits per heavy atom. The van der Waals surface area contributed by atoms with Gasteiger partial charge in [-0.2, -0.15) is 5.10 Å². The molecule has 2 aromatic heterocycles. The molecule has 0 aliphatic carbocycles. The van der Waals surface area contributed by atoms with E-state index in [1.807, 2.05) is 13.8 Å². The summed E-state index contributed by atoms with van der Waals surface area (Å²) in [6.45, 7) is 7.23. The summed E-state index contributed by atoms with van der Waals surface area (Å²) in [7, 11) is 0. The number of H-pyrrole nitrogens is 1. The van der Waals surface area contributed by atoms with Crippen LogP contribution in [0.5, 0.6) is 0 Å². The number of hydrogen-bond acceptors (Lipinski definition) is 5. The molecule has 0 radical (unpaired) electrons. The van der Waals surface area contributed by atoms with Gasteiger partial charge in [-0.1, -0.05) is 6.92 Å². The van der Waals surface area contributed by atoms with E-state index in [0.29, 0.717) is 36.8 Å². The van der Waals surface area contributed by atoms with Crippen molar-refractivity contribution in [1.82, 2.24) is 20.1 Å². The first-order valence-corrected chi connectivity index (χ1v) is 7.97. The number of nitrogens with zero attached hydrogens (tertiary/aromatic N) is 3. The number of ether oxygens (including phenoxy) is 1. The van der Waals surface area contributed by atoms with Crippen LogP contribution in [0, 0.1) is 13.8 Å². The highest BCUT2D eigenvalue weighted by atomic mass is 16.5. The maximum atomic E-state index is 12.7. The molecule has 0 saturated carbocycles. The summed E-state index contributed by atoms with van der Waals surface area (Å²) in [6.07, 6.45) is 1.57. The van der Waals surface area contributed by atoms with E-state index < -0.39 is 0 Å². The molecule has 124 valence electrons. The number of morpholine rings is 1. The third-order valence-electron chi connectivity index (χ3n) is 3.95. The van der Waals surface area contributed by atoms with Crippen LogP contribution in [0.25, 0.3) is 0 Å². The highest BCUT2D eigenvalue weighted by Crippen LogP contribution is 2.23. The lowest BCUT2D eigenvalue weighted by Crippen LogP contribution is -2.42. The zero-order valence-electron chi connectivity index (χ0n) is 13.8. The summed E-state index contributed by atoms with van der Waals surface area (Å²) in [4.78, 5) is 18.9.